The molecule has 112 valence electrons. The molecule has 1 aromatic rings. The van der Waals surface area contributed by atoms with Crippen molar-refractivity contribution in [3.63, 3.8) is 0 Å². The Morgan fingerprint density at radius 2 is 2.20 bits per heavy atom. The van der Waals surface area contributed by atoms with Crippen molar-refractivity contribution in [1.82, 2.24) is 15.8 Å². The average Bonchev–Trinajstić information content (AvgIpc) is 2.79. The number of aromatic nitrogens is 1. The maximum Gasteiger partial charge on any atom is 0.256 e. The van der Waals surface area contributed by atoms with Crippen molar-refractivity contribution in [1.29, 1.82) is 0 Å². The summed E-state index contributed by atoms with van der Waals surface area (Å²) in [5.41, 5.74) is 1.18. The number of carbonyl (C=O) groups excluding carboxylic acids is 1. The molecule has 1 aromatic heterocycles. The van der Waals surface area contributed by atoms with Gasteiger partial charge in [0.1, 0.15) is 11.3 Å². The number of carbonyl (C=O) groups is 1. The van der Waals surface area contributed by atoms with Gasteiger partial charge in [-0.05, 0) is 46.2 Å². The maximum atomic E-state index is 12.0. The van der Waals surface area contributed by atoms with Gasteiger partial charge in [0.2, 0.25) is 0 Å². The van der Waals surface area contributed by atoms with E-state index < -0.39 is 0 Å². The number of hydrogen-bond acceptors (Lipinski definition) is 5. The van der Waals surface area contributed by atoms with Gasteiger partial charge in [-0.1, -0.05) is 5.16 Å². The van der Waals surface area contributed by atoms with Crippen LogP contribution in [0.15, 0.2) is 4.52 Å². The van der Waals surface area contributed by atoms with Crippen molar-refractivity contribution in [2.24, 2.45) is 0 Å². The number of nitrogens with one attached hydrogen (secondary N) is 2. The van der Waals surface area contributed by atoms with E-state index in [2.05, 4.69) is 15.8 Å². The molecule has 20 heavy (non-hydrogen) atoms. The van der Waals surface area contributed by atoms with Crippen LogP contribution in [0.2, 0.25) is 0 Å². The van der Waals surface area contributed by atoms with Crippen molar-refractivity contribution in [2.45, 2.75) is 39.2 Å². The molecular weight excluding hydrogens is 258 g/mol. The molecule has 2 heterocycles. The van der Waals surface area contributed by atoms with Gasteiger partial charge in [-0.3, -0.25) is 4.79 Å². The van der Waals surface area contributed by atoms with Crippen molar-refractivity contribution in [3.8, 4) is 0 Å². The van der Waals surface area contributed by atoms with Crippen LogP contribution in [0.1, 0.15) is 41.1 Å². The molecule has 1 aliphatic heterocycles. The third kappa shape index (κ3) is 4.05. The van der Waals surface area contributed by atoms with Crippen molar-refractivity contribution in [2.75, 3.05) is 26.2 Å². The fourth-order valence-corrected chi connectivity index (χ4v) is 2.38. The van der Waals surface area contributed by atoms with Gasteiger partial charge in [-0.2, -0.15) is 0 Å². The number of rotatable bonds is 6. The monoisotopic (exact) mass is 281 g/mol. The van der Waals surface area contributed by atoms with E-state index in [1.165, 1.54) is 0 Å². The molecule has 0 radical (unpaired) electrons. The summed E-state index contributed by atoms with van der Waals surface area (Å²) < 4.78 is 10.8. The standard InChI is InChI=1S/C14H23N3O3/c1-10-13(11(2)20-17-10)14(18)16-6-3-9-19-12-4-7-15-8-5-12/h12,15H,3-9H2,1-2H3,(H,16,18). The molecule has 2 rings (SSSR count). The van der Waals surface area contributed by atoms with Gasteiger partial charge >= 0.3 is 0 Å². The van der Waals surface area contributed by atoms with E-state index in [0.29, 0.717) is 36.3 Å². The smallest absolute Gasteiger partial charge is 0.256 e. The number of aryl methyl sites for hydroxylation is 2. The minimum Gasteiger partial charge on any atom is -0.378 e. The number of amides is 1. The van der Waals surface area contributed by atoms with Crippen LogP contribution in [-0.4, -0.2) is 43.4 Å². The Morgan fingerprint density at radius 3 is 2.85 bits per heavy atom. The average molecular weight is 281 g/mol. The van der Waals surface area contributed by atoms with E-state index in [0.717, 1.165) is 32.4 Å². The summed E-state index contributed by atoms with van der Waals surface area (Å²) in [4.78, 5) is 12.0. The Morgan fingerprint density at radius 1 is 1.45 bits per heavy atom. The van der Waals surface area contributed by atoms with Crippen molar-refractivity contribution >= 4 is 5.91 Å². The molecular formula is C14H23N3O3. The minimum absolute atomic E-state index is 0.122. The van der Waals surface area contributed by atoms with Crippen LogP contribution in [0.5, 0.6) is 0 Å². The van der Waals surface area contributed by atoms with E-state index in [4.69, 9.17) is 9.26 Å². The van der Waals surface area contributed by atoms with E-state index in [1.807, 2.05) is 0 Å². The Kier molecular flexibility index (Phi) is 5.55. The molecule has 6 heteroatoms. The first-order chi connectivity index (χ1) is 9.68. The summed E-state index contributed by atoms with van der Waals surface area (Å²) >= 11 is 0. The second-order valence-electron chi connectivity index (χ2n) is 5.13. The van der Waals surface area contributed by atoms with Gasteiger partial charge in [-0.25, -0.2) is 0 Å². The van der Waals surface area contributed by atoms with Crippen LogP contribution in [0, 0.1) is 13.8 Å². The van der Waals surface area contributed by atoms with Crippen LogP contribution in [0.25, 0.3) is 0 Å². The zero-order valence-corrected chi connectivity index (χ0v) is 12.2. The normalized spacial score (nSPS) is 16.3. The van der Waals surface area contributed by atoms with E-state index in [1.54, 1.807) is 13.8 Å². The minimum atomic E-state index is -0.122. The van der Waals surface area contributed by atoms with Crippen molar-refractivity contribution < 1.29 is 14.1 Å². The molecule has 1 amide bonds. The Balaban J connectivity index is 1.62. The summed E-state index contributed by atoms with van der Waals surface area (Å²) in [5, 5.41) is 9.96. The lowest BCUT2D eigenvalue weighted by Crippen LogP contribution is -2.33. The van der Waals surface area contributed by atoms with E-state index in [-0.39, 0.29) is 5.91 Å². The second kappa shape index (κ2) is 7.40. The molecule has 0 unspecified atom stereocenters. The molecule has 0 spiro atoms. The molecule has 1 saturated heterocycles. The van der Waals surface area contributed by atoms with Gasteiger partial charge in [0.15, 0.2) is 0 Å². The van der Waals surface area contributed by atoms with Crippen molar-refractivity contribution in [3.05, 3.63) is 17.0 Å². The zero-order valence-electron chi connectivity index (χ0n) is 12.2. The number of hydrogen-bond donors (Lipinski definition) is 2. The molecule has 6 nitrogen and oxygen atoms in total. The second-order valence-corrected chi connectivity index (χ2v) is 5.13. The first-order valence-corrected chi connectivity index (χ1v) is 7.22. The third-order valence-corrected chi connectivity index (χ3v) is 3.51. The molecule has 1 aliphatic rings. The van der Waals surface area contributed by atoms with Gasteiger partial charge in [0.25, 0.3) is 5.91 Å². The van der Waals surface area contributed by atoms with Crippen LogP contribution in [0.4, 0.5) is 0 Å². The Hall–Kier alpha value is -1.40. The highest BCUT2D eigenvalue weighted by Crippen LogP contribution is 2.11. The lowest BCUT2D eigenvalue weighted by Gasteiger charge is -2.22. The van der Waals surface area contributed by atoms with Gasteiger partial charge in [0.05, 0.1) is 11.8 Å². The lowest BCUT2D eigenvalue weighted by atomic mass is 10.1. The summed E-state index contributed by atoms with van der Waals surface area (Å²) in [6.07, 6.45) is 3.34. The van der Waals surface area contributed by atoms with Crippen LogP contribution in [0.3, 0.4) is 0 Å². The molecule has 1 fully saturated rings. The van der Waals surface area contributed by atoms with Gasteiger partial charge < -0.3 is 19.9 Å². The maximum absolute atomic E-state index is 12.0. The molecule has 0 bridgehead atoms. The molecule has 0 aromatic carbocycles. The SMILES string of the molecule is Cc1noc(C)c1C(=O)NCCCOC1CCNCC1. The summed E-state index contributed by atoms with van der Waals surface area (Å²) in [6.45, 7) is 6.88. The topological polar surface area (TPSA) is 76.4 Å². The predicted molar refractivity (Wildman–Crippen MR) is 74.8 cm³/mol. The first-order valence-electron chi connectivity index (χ1n) is 7.22. The van der Waals surface area contributed by atoms with Crippen LogP contribution < -0.4 is 10.6 Å². The lowest BCUT2D eigenvalue weighted by molar-refractivity contribution is 0.0318. The Labute approximate surface area is 119 Å². The van der Waals surface area contributed by atoms with E-state index in [9.17, 15) is 4.79 Å². The molecule has 2 N–H and O–H groups in total. The highest BCUT2D eigenvalue weighted by atomic mass is 16.5. The highest BCUT2D eigenvalue weighted by molar-refractivity contribution is 5.96. The molecule has 0 aliphatic carbocycles. The fourth-order valence-electron chi connectivity index (χ4n) is 2.38. The molecule has 0 atom stereocenters. The highest BCUT2D eigenvalue weighted by Gasteiger charge is 2.17. The van der Waals surface area contributed by atoms with Crippen LogP contribution >= 0.6 is 0 Å². The number of ether oxygens (including phenoxy) is 1. The quantitative estimate of drug-likeness (QED) is 0.766. The number of piperidine rings is 1. The largest absolute Gasteiger partial charge is 0.378 e. The third-order valence-electron chi connectivity index (χ3n) is 3.51. The predicted octanol–water partition coefficient (Wildman–Crippen LogP) is 1.18. The Bertz CT molecular complexity index is 419. The zero-order chi connectivity index (χ0) is 14.4. The first kappa shape index (κ1) is 15.0. The van der Waals surface area contributed by atoms with E-state index >= 15 is 0 Å². The van der Waals surface area contributed by atoms with Crippen LogP contribution in [-0.2, 0) is 4.74 Å². The summed E-state index contributed by atoms with van der Waals surface area (Å²) in [6, 6.07) is 0. The van der Waals surface area contributed by atoms with Gasteiger partial charge in [0, 0.05) is 13.2 Å². The fraction of sp³-hybridized carbons (Fsp3) is 0.714. The summed E-state index contributed by atoms with van der Waals surface area (Å²) in [5.74, 6) is 0.439. The number of nitrogens with zero attached hydrogens (tertiary/aromatic N) is 1. The van der Waals surface area contributed by atoms with Gasteiger partial charge in [-0.15, -0.1) is 0 Å². The molecule has 0 saturated carbocycles. The summed E-state index contributed by atoms with van der Waals surface area (Å²) in [7, 11) is 0.